The van der Waals surface area contributed by atoms with E-state index >= 15 is 0 Å². The number of nitrogens with one attached hydrogen (secondary N) is 2. The summed E-state index contributed by atoms with van der Waals surface area (Å²) in [7, 11) is 0. The molecular weight excluding hydrogens is 405 g/mol. The third kappa shape index (κ3) is 5.35. The number of nitrogens with zero attached hydrogens (tertiary/aromatic N) is 2. The molecule has 31 heavy (non-hydrogen) atoms. The number of anilines is 1. The van der Waals surface area contributed by atoms with Crippen LogP contribution in [-0.4, -0.2) is 42.9 Å². The van der Waals surface area contributed by atoms with E-state index in [0.717, 1.165) is 0 Å². The smallest absolute Gasteiger partial charge is 0.414 e. The topological polar surface area (TPSA) is 126 Å². The summed E-state index contributed by atoms with van der Waals surface area (Å²) < 4.78 is 20.0. The number of hydrogen-bond acceptors (Lipinski definition) is 5. The number of cyclic esters (lactones) is 1. The SMILES string of the molecule is CC(=O)NC[C@H]1CN(c2ccc(-c3ccc(/C(N)=N/NC(C)=O)cc3)c(F)c2)C(=O)O1. The molecular formula is C21H22FN5O4. The van der Waals surface area contributed by atoms with Crippen LogP contribution in [0.25, 0.3) is 11.1 Å². The molecule has 0 aliphatic carbocycles. The number of hydrazone groups is 1. The Kier molecular flexibility index (Phi) is 6.49. The predicted octanol–water partition coefficient (Wildman–Crippen LogP) is 1.71. The van der Waals surface area contributed by atoms with Gasteiger partial charge >= 0.3 is 6.09 Å². The van der Waals surface area contributed by atoms with Gasteiger partial charge in [0.2, 0.25) is 11.8 Å². The second-order valence-electron chi connectivity index (χ2n) is 6.96. The van der Waals surface area contributed by atoms with Crippen molar-refractivity contribution in [3.63, 3.8) is 0 Å². The van der Waals surface area contributed by atoms with Gasteiger partial charge in [0.05, 0.1) is 18.8 Å². The number of halogens is 1. The molecule has 3 amide bonds. The predicted molar refractivity (Wildman–Crippen MR) is 113 cm³/mol. The summed E-state index contributed by atoms with van der Waals surface area (Å²) in [5, 5.41) is 6.35. The molecule has 0 spiro atoms. The summed E-state index contributed by atoms with van der Waals surface area (Å²) in [5.41, 5.74) is 9.93. The zero-order valence-corrected chi connectivity index (χ0v) is 17.0. The average molecular weight is 427 g/mol. The van der Waals surface area contributed by atoms with Gasteiger partial charge in [0.15, 0.2) is 5.84 Å². The summed E-state index contributed by atoms with van der Waals surface area (Å²) in [5.74, 6) is -0.953. The molecule has 1 aliphatic heterocycles. The van der Waals surface area contributed by atoms with Crippen molar-refractivity contribution in [1.29, 1.82) is 0 Å². The number of carbonyl (C=O) groups excluding carboxylic acids is 3. The molecule has 10 heteroatoms. The Hall–Kier alpha value is -3.95. The van der Waals surface area contributed by atoms with Gasteiger partial charge in [-0.3, -0.25) is 14.5 Å². The van der Waals surface area contributed by atoms with Crippen molar-refractivity contribution in [2.24, 2.45) is 10.8 Å². The van der Waals surface area contributed by atoms with E-state index in [1.54, 1.807) is 36.4 Å². The van der Waals surface area contributed by atoms with Gasteiger partial charge in [0.1, 0.15) is 11.9 Å². The zero-order chi connectivity index (χ0) is 22.5. The van der Waals surface area contributed by atoms with Crippen LogP contribution in [0, 0.1) is 5.82 Å². The van der Waals surface area contributed by atoms with E-state index in [1.165, 1.54) is 24.8 Å². The second-order valence-corrected chi connectivity index (χ2v) is 6.96. The molecule has 162 valence electrons. The number of ether oxygens (including phenoxy) is 1. The zero-order valence-electron chi connectivity index (χ0n) is 17.0. The summed E-state index contributed by atoms with van der Waals surface area (Å²) in [6.45, 7) is 3.09. The first-order valence-electron chi connectivity index (χ1n) is 9.47. The Bertz CT molecular complexity index is 1040. The lowest BCUT2D eigenvalue weighted by molar-refractivity contribution is -0.120. The van der Waals surface area contributed by atoms with Gasteiger partial charge < -0.3 is 15.8 Å². The highest BCUT2D eigenvalue weighted by atomic mass is 19.1. The van der Waals surface area contributed by atoms with Gasteiger partial charge in [-0.15, -0.1) is 0 Å². The minimum Gasteiger partial charge on any atom is -0.442 e. The summed E-state index contributed by atoms with van der Waals surface area (Å²) in [6, 6.07) is 11.1. The monoisotopic (exact) mass is 427 g/mol. The van der Waals surface area contributed by atoms with E-state index in [1.807, 2.05) is 0 Å². The van der Waals surface area contributed by atoms with Crippen LogP contribution in [-0.2, 0) is 14.3 Å². The maximum atomic E-state index is 14.8. The molecule has 0 saturated carbocycles. The molecule has 1 saturated heterocycles. The molecule has 1 aliphatic rings. The lowest BCUT2D eigenvalue weighted by Crippen LogP contribution is -2.33. The normalized spacial score (nSPS) is 16.1. The van der Waals surface area contributed by atoms with Gasteiger partial charge in [0.25, 0.3) is 0 Å². The molecule has 0 unspecified atom stereocenters. The Morgan fingerprint density at radius 1 is 1.19 bits per heavy atom. The summed E-state index contributed by atoms with van der Waals surface area (Å²) in [4.78, 5) is 35.4. The molecule has 4 N–H and O–H groups in total. The van der Waals surface area contributed by atoms with Crippen molar-refractivity contribution in [1.82, 2.24) is 10.7 Å². The molecule has 1 fully saturated rings. The van der Waals surface area contributed by atoms with Crippen molar-refractivity contribution in [2.45, 2.75) is 20.0 Å². The van der Waals surface area contributed by atoms with Crippen molar-refractivity contribution in [3.05, 3.63) is 53.8 Å². The number of amides is 3. The van der Waals surface area contributed by atoms with Gasteiger partial charge in [-0.05, 0) is 23.8 Å². The van der Waals surface area contributed by atoms with Gasteiger partial charge in [-0.2, -0.15) is 5.10 Å². The molecule has 3 rings (SSSR count). The van der Waals surface area contributed by atoms with Crippen LogP contribution in [0.15, 0.2) is 47.6 Å². The van der Waals surface area contributed by atoms with Crippen molar-refractivity contribution in [3.8, 4) is 11.1 Å². The lowest BCUT2D eigenvalue weighted by atomic mass is 10.0. The molecule has 0 bridgehead atoms. The van der Waals surface area contributed by atoms with Crippen LogP contribution in [0.3, 0.4) is 0 Å². The highest BCUT2D eigenvalue weighted by Gasteiger charge is 2.32. The van der Waals surface area contributed by atoms with Crippen LogP contribution in [0.1, 0.15) is 19.4 Å². The molecule has 0 aromatic heterocycles. The average Bonchev–Trinajstić information content (AvgIpc) is 3.11. The molecule has 2 aromatic rings. The first-order valence-corrected chi connectivity index (χ1v) is 9.47. The molecule has 1 atom stereocenters. The minimum absolute atomic E-state index is 0.124. The minimum atomic E-state index is -0.596. The standard InChI is InChI=1S/C21H22FN5O4/c1-12(28)24-10-17-11-27(21(30)31-17)16-7-8-18(19(22)9-16)14-3-5-15(6-4-14)20(23)26-25-13(2)29/h3-9,17H,10-11H2,1-2H3,(H2,23,26)(H,24,28)(H,25,29)/t17-/m0/s1. The second kappa shape index (κ2) is 9.24. The molecule has 0 radical (unpaired) electrons. The molecule has 1 heterocycles. The van der Waals surface area contributed by atoms with E-state index in [0.29, 0.717) is 22.4 Å². The van der Waals surface area contributed by atoms with E-state index in [9.17, 15) is 18.8 Å². The number of nitrogens with two attached hydrogens (primary N) is 1. The first-order chi connectivity index (χ1) is 14.7. The van der Waals surface area contributed by atoms with Gasteiger partial charge in [-0.1, -0.05) is 24.3 Å². The van der Waals surface area contributed by atoms with Crippen molar-refractivity contribution >= 4 is 29.4 Å². The maximum Gasteiger partial charge on any atom is 0.414 e. The van der Waals surface area contributed by atoms with Gasteiger partial charge in [-0.25, -0.2) is 14.6 Å². The fraction of sp³-hybridized carbons (Fsp3) is 0.238. The van der Waals surface area contributed by atoms with E-state index in [-0.39, 0.29) is 30.7 Å². The third-order valence-corrected chi connectivity index (χ3v) is 4.54. The lowest BCUT2D eigenvalue weighted by Gasteiger charge is -2.14. The Morgan fingerprint density at radius 3 is 2.52 bits per heavy atom. The van der Waals surface area contributed by atoms with E-state index in [4.69, 9.17) is 10.5 Å². The van der Waals surface area contributed by atoms with Crippen molar-refractivity contribution in [2.75, 3.05) is 18.0 Å². The van der Waals surface area contributed by atoms with E-state index in [2.05, 4.69) is 15.8 Å². The summed E-state index contributed by atoms with van der Waals surface area (Å²) in [6.07, 6.45) is -1.10. The molecule has 9 nitrogen and oxygen atoms in total. The van der Waals surface area contributed by atoms with Crippen LogP contribution >= 0.6 is 0 Å². The van der Waals surface area contributed by atoms with Crippen molar-refractivity contribution < 1.29 is 23.5 Å². The molecule has 2 aromatic carbocycles. The fourth-order valence-electron chi connectivity index (χ4n) is 3.03. The number of carbonyl (C=O) groups is 3. The fourth-order valence-corrected chi connectivity index (χ4v) is 3.03. The maximum absolute atomic E-state index is 14.8. The quantitative estimate of drug-likeness (QED) is 0.368. The van der Waals surface area contributed by atoms with Crippen LogP contribution in [0.4, 0.5) is 14.9 Å². The largest absolute Gasteiger partial charge is 0.442 e. The number of benzene rings is 2. The van der Waals surface area contributed by atoms with Crippen LogP contribution < -0.4 is 21.4 Å². The summed E-state index contributed by atoms with van der Waals surface area (Å²) >= 11 is 0. The number of amidine groups is 1. The number of hydrogen-bond donors (Lipinski definition) is 3. The Labute approximate surface area is 178 Å². The Morgan fingerprint density at radius 2 is 1.90 bits per heavy atom. The van der Waals surface area contributed by atoms with Crippen LogP contribution in [0.2, 0.25) is 0 Å². The van der Waals surface area contributed by atoms with Crippen LogP contribution in [0.5, 0.6) is 0 Å². The van der Waals surface area contributed by atoms with Gasteiger partial charge in [0, 0.05) is 25.0 Å². The Balaban J connectivity index is 1.74. The third-order valence-electron chi connectivity index (χ3n) is 4.54. The first kappa shape index (κ1) is 21.8. The highest BCUT2D eigenvalue weighted by Crippen LogP contribution is 2.29. The number of rotatable bonds is 6. The highest BCUT2D eigenvalue weighted by molar-refractivity contribution is 5.98. The van der Waals surface area contributed by atoms with E-state index < -0.39 is 18.0 Å².